The second-order valence-corrected chi connectivity index (χ2v) is 7.47. The number of rotatable bonds is 6. The number of hydrogen-bond acceptors (Lipinski definition) is 6. The van der Waals surface area contributed by atoms with Gasteiger partial charge in [0.15, 0.2) is 0 Å². The van der Waals surface area contributed by atoms with Gasteiger partial charge in [0.05, 0.1) is 19.3 Å². The standard InChI is InChI=1S/C20H26ClN5O2/c1-14-11-17(24-20(23-14)26-7-9-28-10-8-26)19(27)22-13-18(25(2)3)15-5-4-6-16(21)12-15/h4-6,11-12,18H,7-10,13H2,1-3H3,(H,22,27)/t18-/m1/s1. The highest BCUT2D eigenvalue weighted by Gasteiger charge is 2.19. The Morgan fingerprint density at radius 2 is 2.04 bits per heavy atom. The third kappa shape index (κ3) is 5.19. The molecule has 0 unspecified atom stereocenters. The number of carbonyl (C=O) groups excluding carboxylic acids is 1. The number of likely N-dealkylation sites (N-methyl/N-ethyl adjacent to an activating group) is 1. The molecular weight excluding hydrogens is 378 g/mol. The number of halogens is 1. The quantitative estimate of drug-likeness (QED) is 0.798. The van der Waals surface area contributed by atoms with Gasteiger partial charge in [-0.2, -0.15) is 0 Å². The van der Waals surface area contributed by atoms with Gasteiger partial charge in [0.1, 0.15) is 5.69 Å². The Kier molecular flexibility index (Phi) is 6.83. The zero-order valence-electron chi connectivity index (χ0n) is 16.5. The largest absolute Gasteiger partial charge is 0.378 e. The molecule has 0 spiro atoms. The summed E-state index contributed by atoms with van der Waals surface area (Å²) in [4.78, 5) is 25.8. The van der Waals surface area contributed by atoms with Crippen molar-refractivity contribution in [2.24, 2.45) is 0 Å². The van der Waals surface area contributed by atoms with E-state index in [0.717, 1.165) is 24.3 Å². The molecule has 3 rings (SSSR count). The van der Waals surface area contributed by atoms with Crippen molar-refractivity contribution in [3.63, 3.8) is 0 Å². The number of hydrogen-bond donors (Lipinski definition) is 1. The van der Waals surface area contributed by atoms with Gasteiger partial charge < -0.3 is 19.9 Å². The van der Waals surface area contributed by atoms with Crippen LogP contribution in [0.15, 0.2) is 30.3 Å². The summed E-state index contributed by atoms with van der Waals surface area (Å²) in [5, 5.41) is 3.68. The zero-order valence-corrected chi connectivity index (χ0v) is 17.2. The first-order valence-electron chi connectivity index (χ1n) is 9.32. The van der Waals surface area contributed by atoms with Gasteiger partial charge in [-0.25, -0.2) is 9.97 Å². The van der Waals surface area contributed by atoms with Crippen LogP contribution >= 0.6 is 11.6 Å². The highest BCUT2D eigenvalue weighted by Crippen LogP contribution is 2.21. The van der Waals surface area contributed by atoms with Crippen molar-refractivity contribution < 1.29 is 9.53 Å². The van der Waals surface area contributed by atoms with Gasteiger partial charge in [0.25, 0.3) is 5.91 Å². The minimum Gasteiger partial charge on any atom is -0.378 e. The first-order valence-corrected chi connectivity index (χ1v) is 9.70. The van der Waals surface area contributed by atoms with E-state index in [1.807, 2.05) is 50.2 Å². The maximum atomic E-state index is 12.8. The van der Waals surface area contributed by atoms with Crippen molar-refractivity contribution in [2.75, 3.05) is 51.8 Å². The van der Waals surface area contributed by atoms with Gasteiger partial charge in [-0.1, -0.05) is 23.7 Å². The summed E-state index contributed by atoms with van der Waals surface area (Å²) >= 11 is 6.12. The average Bonchev–Trinajstić information content (AvgIpc) is 2.68. The molecule has 1 aliphatic heterocycles. The zero-order chi connectivity index (χ0) is 20.1. The summed E-state index contributed by atoms with van der Waals surface area (Å²) in [5.41, 5.74) is 2.18. The van der Waals surface area contributed by atoms with Crippen LogP contribution in [0.1, 0.15) is 27.8 Å². The van der Waals surface area contributed by atoms with Crippen LogP contribution in [-0.2, 0) is 4.74 Å². The number of carbonyl (C=O) groups is 1. The molecule has 1 amide bonds. The maximum absolute atomic E-state index is 12.8. The Hall–Kier alpha value is -2.22. The van der Waals surface area contributed by atoms with E-state index < -0.39 is 0 Å². The predicted molar refractivity (Wildman–Crippen MR) is 110 cm³/mol. The molecule has 1 fully saturated rings. The second-order valence-electron chi connectivity index (χ2n) is 7.04. The number of aromatic nitrogens is 2. The summed E-state index contributed by atoms with van der Waals surface area (Å²) in [5.74, 6) is 0.362. The van der Waals surface area contributed by atoms with Crippen LogP contribution in [0.25, 0.3) is 0 Å². The van der Waals surface area contributed by atoms with Crippen molar-refractivity contribution >= 4 is 23.5 Å². The molecule has 1 aromatic heterocycles. The molecule has 1 aliphatic rings. The lowest BCUT2D eigenvalue weighted by atomic mass is 10.1. The normalized spacial score (nSPS) is 15.5. The van der Waals surface area contributed by atoms with Crippen LogP contribution in [-0.4, -0.2) is 67.7 Å². The summed E-state index contributed by atoms with van der Waals surface area (Å²) in [6.45, 7) is 5.05. The molecule has 150 valence electrons. The smallest absolute Gasteiger partial charge is 0.270 e. The average molecular weight is 404 g/mol. The number of amides is 1. The third-order valence-electron chi connectivity index (χ3n) is 4.68. The Morgan fingerprint density at radius 3 is 2.71 bits per heavy atom. The van der Waals surface area contributed by atoms with Crippen LogP contribution in [0.3, 0.4) is 0 Å². The lowest BCUT2D eigenvalue weighted by Gasteiger charge is -2.27. The SMILES string of the molecule is Cc1cc(C(=O)NC[C@H](c2cccc(Cl)c2)N(C)C)nc(N2CCOCC2)n1. The summed E-state index contributed by atoms with van der Waals surface area (Å²) < 4.78 is 5.38. The topological polar surface area (TPSA) is 70.6 Å². The molecule has 28 heavy (non-hydrogen) atoms. The van der Waals surface area contributed by atoms with Crippen LogP contribution in [0.2, 0.25) is 5.02 Å². The fourth-order valence-corrected chi connectivity index (χ4v) is 3.37. The van der Waals surface area contributed by atoms with E-state index in [2.05, 4.69) is 20.2 Å². The van der Waals surface area contributed by atoms with Gasteiger partial charge in [-0.3, -0.25) is 4.79 Å². The van der Waals surface area contributed by atoms with Gasteiger partial charge in [0.2, 0.25) is 5.95 Å². The van der Waals surface area contributed by atoms with E-state index >= 15 is 0 Å². The molecule has 0 bridgehead atoms. The van der Waals surface area contributed by atoms with E-state index in [1.165, 1.54) is 0 Å². The fraction of sp³-hybridized carbons (Fsp3) is 0.450. The number of anilines is 1. The highest BCUT2D eigenvalue weighted by molar-refractivity contribution is 6.30. The Labute approximate surface area is 170 Å². The predicted octanol–water partition coefficient (Wildman–Crippen LogP) is 2.31. The van der Waals surface area contributed by atoms with Crippen molar-refractivity contribution in [3.05, 3.63) is 52.3 Å². The third-order valence-corrected chi connectivity index (χ3v) is 4.92. The molecule has 7 nitrogen and oxygen atoms in total. The van der Waals surface area contributed by atoms with Crippen LogP contribution in [0.4, 0.5) is 5.95 Å². The lowest BCUT2D eigenvalue weighted by molar-refractivity contribution is 0.0936. The molecule has 0 aliphatic carbocycles. The first kappa shape index (κ1) is 20.5. The van der Waals surface area contributed by atoms with Crippen molar-refractivity contribution in [3.8, 4) is 0 Å². The van der Waals surface area contributed by atoms with Crippen LogP contribution in [0.5, 0.6) is 0 Å². The molecule has 1 N–H and O–H groups in total. The van der Waals surface area contributed by atoms with Crippen LogP contribution < -0.4 is 10.2 Å². The minimum absolute atomic E-state index is 0.00398. The molecule has 0 radical (unpaired) electrons. The van der Waals surface area contributed by atoms with Crippen LogP contribution in [0, 0.1) is 6.92 Å². The van der Waals surface area contributed by atoms with E-state index in [9.17, 15) is 4.79 Å². The minimum atomic E-state index is -0.214. The lowest BCUT2D eigenvalue weighted by Crippen LogP contribution is -2.38. The van der Waals surface area contributed by atoms with E-state index in [1.54, 1.807) is 6.07 Å². The number of nitrogens with one attached hydrogen (secondary N) is 1. The van der Waals surface area contributed by atoms with E-state index in [4.69, 9.17) is 16.3 Å². The van der Waals surface area contributed by atoms with Crippen molar-refractivity contribution in [2.45, 2.75) is 13.0 Å². The van der Waals surface area contributed by atoms with Crippen molar-refractivity contribution in [1.29, 1.82) is 0 Å². The molecule has 8 heteroatoms. The molecule has 1 atom stereocenters. The maximum Gasteiger partial charge on any atom is 0.270 e. The molecular formula is C20H26ClN5O2. The summed E-state index contributed by atoms with van der Waals surface area (Å²) in [6, 6.07) is 9.40. The second kappa shape index (κ2) is 9.32. The highest BCUT2D eigenvalue weighted by atomic mass is 35.5. The number of nitrogens with zero attached hydrogens (tertiary/aromatic N) is 4. The van der Waals surface area contributed by atoms with E-state index in [-0.39, 0.29) is 11.9 Å². The van der Waals surface area contributed by atoms with Gasteiger partial charge in [-0.15, -0.1) is 0 Å². The first-order chi connectivity index (χ1) is 13.4. The van der Waals surface area contributed by atoms with Gasteiger partial charge in [0, 0.05) is 30.4 Å². The fourth-order valence-electron chi connectivity index (χ4n) is 3.17. The Morgan fingerprint density at radius 1 is 1.29 bits per heavy atom. The Bertz CT molecular complexity index is 824. The molecule has 1 aromatic carbocycles. The number of benzene rings is 1. The van der Waals surface area contributed by atoms with Gasteiger partial charge in [-0.05, 0) is 44.8 Å². The number of aryl methyl sites for hydroxylation is 1. The van der Waals surface area contributed by atoms with Crippen molar-refractivity contribution in [1.82, 2.24) is 20.2 Å². The number of morpholine rings is 1. The molecule has 1 saturated heterocycles. The molecule has 2 heterocycles. The van der Waals surface area contributed by atoms with E-state index in [0.29, 0.717) is 36.4 Å². The molecule has 2 aromatic rings. The molecule has 0 saturated carbocycles. The monoisotopic (exact) mass is 403 g/mol. The summed E-state index contributed by atoms with van der Waals surface area (Å²) in [7, 11) is 3.95. The summed E-state index contributed by atoms with van der Waals surface area (Å²) in [6.07, 6.45) is 0. The Balaban J connectivity index is 1.72. The number of ether oxygens (including phenoxy) is 1. The van der Waals surface area contributed by atoms with Gasteiger partial charge >= 0.3 is 0 Å².